The third-order valence-corrected chi connectivity index (χ3v) is 1.97. The van der Waals surface area contributed by atoms with E-state index < -0.39 is 6.04 Å². The van der Waals surface area contributed by atoms with Crippen molar-refractivity contribution in [2.75, 3.05) is 5.32 Å². The molecule has 1 aromatic heterocycles. The van der Waals surface area contributed by atoms with Crippen molar-refractivity contribution in [2.45, 2.75) is 19.9 Å². The summed E-state index contributed by atoms with van der Waals surface area (Å²) < 4.78 is 1.48. The van der Waals surface area contributed by atoms with Gasteiger partial charge < -0.3 is 5.73 Å². The van der Waals surface area contributed by atoms with Crippen molar-refractivity contribution >= 4 is 11.9 Å². The Bertz CT molecular complexity index is 319. The van der Waals surface area contributed by atoms with Crippen LogP contribution in [-0.2, 0) is 11.8 Å². The number of anilines is 1. The molecule has 1 heterocycles. The number of carbonyl (C=O) groups is 1. The molecule has 1 amide bonds. The van der Waals surface area contributed by atoms with Gasteiger partial charge in [0, 0.05) is 7.05 Å². The van der Waals surface area contributed by atoms with Crippen LogP contribution in [0.25, 0.3) is 0 Å². The Balaban J connectivity index is 2.62. The van der Waals surface area contributed by atoms with E-state index in [1.165, 1.54) is 11.0 Å². The van der Waals surface area contributed by atoms with Crippen LogP contribution in [0.1, 0.15) is 13.8 Å². The van der Waals surface area contributed by atoms with Crippen molar-refractivity contribution in [3.8, 4) is 0 Å². The Morgan fingerprint density at radius 3 is 2.71 bits per heavy atom. The molecule has 0 unspecified atom stereocenters. The molecule has 0 spiro atoms. The normalized spacial score (nSPS) is 12.9. The van der Waals surface area contributed by atoms with E-state index in [1.54, 1.807) is 7.05 Å². The highest BCUT2D eigenvalue weighted by Gasteiger charge is 2.18. The number of hydrogen-bond acceptors (Lipinski definition) is 4. The van der Waals surface area contributed by atoms with Crippen LogP contribution < -0.4 is 11.1 Å². The third-order valence-electron chi connectivity index (χ3n) is 1.97. The Kier molecular flexibility index (Phi) is 3.19. The highest BCUT2D eigenvalue weighted by molar-refractivity contribution is 5.93. The summed E-state index contributed by atoms with van der Waals surface area (Å²) in [6.45, 7) is 3.78. The van der Waals surface area contributed by atoms with Crippen molar-refractivity contribution in [2.24, 2.45) is 18.7 Å². The molecule has 14 heavy (non-hydrogen) atoms. The molecule has 3 N–H and O–H groups in total. The second kappa shape index (κ2) is 4.19. The molecule has 0 radical (unpaired) electrons. The number of nitrogens with two attached hydrogens (primary N) is 1. The molecule has 78 valence electrons. The standard InChI is InChI=1S/C8H15N5O/c1-5(2)6(9)7(14)12-8-10-4-11-13(8)3/h4-6H,9H2,1-3H3,(H,10,11,12,14)/t6-/m0/s1. The van der Waals surface area contributed by atoms with Gasteiger partial charge in [-0.25, -0.2) is 4.68 Å². The summed E-state index contributed by atoms with van der Waals surface area (Å²) in [5.74, 6) is 0.269. The van der Waals surface area contributed by atoms with Crippen LogP contribution in [-0.4, -0.2) is 26.7 Å². The van der Waals surface area contributed by atoms with Crippen LogP contribution in [0, 0.1) is 5.92 Å². The molecule has 6 nitrogen and oxygen atoms in total. The van der Waals surface area contributed by atoms with E-state index >= 15 is 0 Å². The molecule has 6 heteroatoms. The molecule has 0 aromatic carbocycles. The monoisotopic (exact) mass is 197 g/mol. The number of nitrogens with zero attached hydrogens (tertiary/aromatic N) is 3. The molecule has 1 rings (SSSR count). The first-order chi connectivity index (χ1) is 6.52. The Labute approximate surface area is 82.5 Å². The number of aromatic nitrogens is 3. The van der Waals surface area contributed by atoms with Crippen LogP contribution in [0.5, 0.6) is 0 Å². The lowest BCUT2D eigenvalue weighted by Crippen LogP contribution is -2.40. The maximum Gasteiger partial charge on any atom is 0.243 e. The van der Waals surface area contributed by atoms with Gasteiger partial charge in [-0.05, 0) is 5.92 Å². The lowest BCUT2D eigenvalue weighted by atomic mass is 10.1. The minimum Gasteiger partial charge on any atom is -0.320 e. The fourth-order valence-corrected chi connectivity index (χ4v) is 0.906. The Hall–Kier alpha value is -1.43. The zero-order valence-corrected chi connectivity index (χ0v) is 8.56. The number of hydrogen-bond donors (Lipinski definition) is 2. The summed E-state index contributed by atoms with van der Waals surface area (Å²) in [6, 6.07) is -0.522. The molecule has 1 aromatic rings. The second-order valence-electron chi connectivity index (χ2n) is 3.47. The second-order valence-corrected chi connectivity index (χ2v) is 3.47. The molecule has 0 aliphatic carbocycles. The first kappa shape index (κ1) is 10.6. The average molecular weight is 197 g/mol. The number of rotatable bonds is 3. The Morgan fingerprint density at radius 1 is 1.64 bits per heavy atom. The number of carbonyl (C=O) groups excluding carboxylic acids is 1. The third kappa shape index (κ3) is 2.29. The quantitative estimate of drug-likeness (QED) is 0.698. The zero-order valence-electron chi connectivity index (χ0n) is 8.56. The zero-order chi connectivity index (χ0) is 10.7. The fraction of sp³-hybridized carbons (Fsp3) is 0.625. The van der Waals surface area contributed by atoms with Gasteiger partial charge in [0.05, 0.1) is 6.04 Å². The van der Waals surface area contributed by atoms with Crippen LogP contribution in [0.4, 0.5) is 5.95 Å². The molecule has 1 atom stereocenters. The van der Waals surface area contributed by atoms with Gasteiger partial charge in [-0.2, -0.15) is 10.1 Å². The van der Waals surface area contributed by atoms with Crippen molar-refractivity contribution < 1.29 is 4.79 Å². The topological polar surface area (TPSA) is 85.8 Å². The van der Waals surface area contributed by atoms with Gasteiger partial charge in [-0.1, -0.05) is 13.8 Å². The van der Waals surface area contributed by atoms with E-state index in [9.17, 15) is 4.79 Å². The van der Waals surface area contributed by atoms with E-state index in [1.807, 2.05) is 13.8 Å². The molecule has 0 aliphatic rings. The molecular weight excluding hydrogens is 182 g/mol. The average Bonchev–Trinajstić information content (AvgIpc) is 2.50. The van der Waals surface area contributed by atoms with E-state index in [0.717, 1.165) is 0 Å². The first-order valence-electron chi connectivity index (χ1n) is 4.42. The number of aryl methyl sites for hydroxylation is 1. The Morgan fingerprint density at radius 2 is 2.29 bits per heavy atom. The van der Waals surface area contributed by atoms with Gasteiger partial charge in [-0.15, -0.1) is 0 Å². The van der Waals surface area contributed by atoms with Gasteiger partial charge in [-0.3, -0.25) is 10.1 Å². The van der Waals surface area contributed by atoms with Gasteiger partial charge in [0.25, 0.3) is 0 Å². The van der Waals surface area contributed by atoms with E-state index in [-0.39, 0.29) is 11.8 Å². The van der Waals surface area contributed by atoms with Crippen molar-refractivity contribution in [3.63, 3.8) is 0 Å². The summed E-state index contributed by atoms with van der Waals surface area (Å²) in [6.07, 6.45) is 1.37. The van der Waals surface area contributed by atoms with Gasteiger partial charge >= 0.3 is 0 Å². The summed E-state index contributed by atoms with van der Waals surface area (Å²) in [5, 5.41) is 6.42. The maximum atomic E-state index is 11.5. The summed E-state index contributed by atoms with van der Waals surface area (Å²) in [7, 11) is 1.70. The minimum absolute atomic E-state index is 0.100. The molecule has 0 saturated carbocycles. The first-order valence-corrected chi connectivity index (χ1v) is 4.42. The highest BCUT2D eigenvalue weighted by Crippen LogP contribution is 2.03. The predicted octanol–water partition coefficient (Wildman–Crippen LogP) is -0.263. The smallest absolute Gasteiger partial charge is 0.243 e. The SMILES string of the molecule is CC(C)[C@H](N)C(=O)Nc1ncnn1C. The van der Waals surface area contributed by atoms with Crippen LogP contribution in [0.2, 0.25) is 0 Å². The van der Waals surface area contributed by atoms with Gasteiger partial charge in [0.2, 0.25) is 11.9 Å². The number of nitrogens with one attached hydrogen (secondary N) is 1. The van der Waals surface area contributed by atoms with Crippen molar-refractivity contribution in [1.29, 1.82) is 0 Å². The summed E-state index contributed by atoms with van der Waals surface area (Å²) >= 11 is 0. The van der Waals surface area contributed by atoms with Crippen LogP contribution in [0.15, 0.2) is 6.33 Å². The molecular formula is C8H15N5O. The lowest BCUT2D eigenvalue weighted by molar-refractivity contribution is -0.118. The molecule has 0 fully saturated rings. The van der Waals surface area contributed by atoms with E-state index in [4.69, 9.17) is 5.73 Å². The van der Waals surface area contributed by atoms with Gasteiger partial charge in [0.15, 0.2) is 0 Å². The molecule has 0 bridgehead atoms. The predicted molar refractivity (Wildman–Crippen MR) is 52.4 cm³/mol. The summed E-state index contributed by atoms with van der Waals surface area (Å²) in [5.41, 5.74) is 5.66. The minimum atomic E-state index is -0.522. The maximum absolute atomic E-state index is 11.5. The van der Waals surface area contributed by atoms with Crippen molar-refractivity contribution in [3.05, 3.63) is 6.33 Å². The summed E-state index contributed by atoms with van der Waals surface area (Å²) in [4.78, 5) is 15.3. The molecule has 0 aliphatic heterocycles. The highest BCUT2D eigenvalue weighted by atomic mass is 16.2. The fourth-order valence-electron chi connectivity index (χ4n) is 0.906. The van der Waals surface area contributed by atoms with Crippen LogP contribution in [0.3, 0.4) is 0 Å². The lowest BCUT2D eigenvalue weighted by Gasteiger charge is -2.14. The van der Waals surface area contributed by atoms with E-state index in [2.05, 4.69) is 15.4 Å². The van der Waals surface area contributed by atoms with E-state index in [0.29, 0.717) is 5.95 Å². The van der Waals surface area contributed by atoms with Gasteiger partial charge in [0.1, 0.15) is 6.33 Å². The van der Waals surface area contributed by atoms with Crippen LogP contribution >= 0.6 is 0 Å². The van der Waals surface area contributed by atoms with Crippen molar-refractivity contribution in [1.82, 2.24) is 14.8 Å². The largest absolute Gasteiger partial charge is 0.320 e. The molecule has 0 saturated heterocycles. The number of amides is 1.